The number of carbonyl (C=O) groups is 2. The molecule has 0 bridgehead atoms. The summed E-state index contributed by atoms with van der Waals surface area (Å²) in [5.74, 6) is -2.00. The molecule has 1 aliphatic rings. The van der Waals surface area contributed by atoms with Gasteiger partial charge in [-0.3, -0.25) is 9.35 Å². The van der Waals surface area contributed by atoms with E-state index in [0.29, 0.717) is 12.8 Å². The third kappa shape index (κ3) is 4.75. The van der Waals surface area contributed by atoms with Crippen LogP contribution in [0.4, 0.5) is 0 Å². The van der Waals surface area contributed by atoms with Gasteiger partial charge in [0, 0.05) is 5.92 Å². The Bertz CT molecular complexity index is 472. The van der Waals surface area contributed by atoms with E-state index in [4.69, 9.17) is 9.66 Å². The summed E-state index contributed by atoms with van der Waals surface area (Å²) < 4.78 is 31.0. The quantitative estimate of drug-likeness (QED) is 0.620. The Kier molecular flexibility index (Phi) is 5.52. The second-order valence-corrected chi connectivity index (χ2v) is 7.37. The van der Waals surface area contributed by atoms with Crippen LogP contribution in [-0.4, -0.2) is 41.2 Å². The summed E-state index contributed by atoms with van der Waals surface area (Å²) >= 11 is 0. The van der Waals surface area contributed by atoms with Gasteiger partial charge in [-0.25, -0.2) is 4.79 Å². The van der Waals surface area contributed by atoms with E-state index < -0.39 is 39.2 Å². The zero-order valence-electron chi connectivity index (χ0n) is 11.6. The van der Waals surface area contributed by atoms with Crippen LogP contribution in [0, 0.1) is 11.8 Å². The number of hydrogen-bond donors (Lipinski definition) is 3. The molecule has 0 saturated heterocycles. The Hall–Kier alpha value is -1.15. The molecule has 0 spiro atoms. The maximum Gasteiger partial charge on any atom is 0.326 e. The number of nitrogens with one attached hydrogen (secondary N) is 1. The van der Waals surface area contributed by atoms with Crippen molar-refractivity contribution in [3.05, 3.63) is 0 Å². The van der Waals surface area contributed by atoms with Crippen molar-refractivity contribution in [1.29, 1.82) is 0 Å². The predicted octanol–water partition coefficient (Wildman–Crippen LogP) is 0.658. The van der Waals surface area contributed by atoms with E-state index in [-0.39, 0.29) is 18.8 Å². The molecule has 8 heteroatoms. The van der Waals surface area contributed by atoms with Crippen LogP contribution in [0.1, 0.15) is 39.5 Å². The molecule has 0 aliphatic heterocycles. The minimum atomic E-state index is -4.13. The Morgan fingerprint density at radius 2 is 1.90 bits per heavy atom. The van der Waals surface area contributed by atoms with Gasteiger partial charge in [0.05, 0.1) is 5.25 Å². The first-order chi connectivity index (χ1) is 9.11. The SMILES string of the molecule is CC(C)C[C@H](NC(=O)[C@H]1CC[C@@H](S(=O)(=O)O)C1)C(=O)O. The van der Waals surface area contributed by atoms with Crippen LogP contribution in [0.3, 0.4) is 0 Å². The molecule has 1 aliphatic carbocycles. The number of hydrogen-bond acceptors (Lipinski definition) is 4. The highest BCUT2D eigenvalue weighted by atomic mass is 32.2. The maximum atomic E-state index is 12.0. The number of carbonyl (C=O) groups excluding carboxylic acids is 1. The summed E-state index contributed by atoms with van der Waals surface area (Å²) in [6.45, 7) is 3.71. The average Bonchev–Trinajstić information content (AvgIpc) is 2.75. The molecule has 3 N–H and O–H groups in total. The Balaban J connectivity index is 2.61. The first-order valence-electron chi connectivity index (χ1n) is 6.60. The van der Waals surface area contributed by atoms with Gasteiger partial charge in [0.15, 0.2) is 0 Å². The average molecular weight is 307 g/mol. The van der Waals surface area contributed by atoms with Gasteiger partial charge in [0.2, 0.25) is 5.91 Å². The largest absolute Gasteiger partial charge is 0.480 e. The van der Waals surface area contributed by atoms with Gasteiger partial charge < -0.3 is 10.4 Å². The normalized spacial score (nSPS) is 24.6. The Morgan fingerprint density at radius 1 is 1.30 bits per heavy atom. The second kappa shape index (κ2) is 6.53. The number of carboxylic acids is 1. The lowest BCUT2D eigenvalue weighted by Crippen LogP contribution is -2.44. The highest BCUT2D eigenvalue weighted by Crippen LogP contribution is 2.30. The van der Waals surface area contributed by atoms with Crippen molar-refractivity contribution in [3.8, 4) is 0 Å². The molecule has 0 aromatic carbocycles. The minimum absolute atomic E-state index is 0.0404. The van der Waals surface area contributed by atoms with Gasteiger partial charge in [-0.2, -0.15) is 8.42 Å². The zero-order valence-corrected chi connectivity index (χ0v) is 12.4. The molecule has 116 valence electrons. The minimum Gasteiger partial charge on any atom is -0.480 e. The number of amides is 1. The molecular formula is C12H21NO6S. The predicted molar refractivity (Wildman–Crippen MR) is 71.7 cm³/mol. The van der Waals surface area contributed by atoms with Crippen LogP contribution in [0.2, 0.25) is 0 Å². The molecular weight excluding hydrogens is 286 g/mol. The molecule has 1 saturated carbocycles. The lowest BCUT2D eigenvalue weighted by atomic mass is 10.0. The number of carboxylic acid groups (broad SMARTS) is 1. The standard InChI is InChI=1S/C12H21NO6S/c1-7(2)5-10(12(15)16)13-11(14)8-3-4-9(6-8)20(17,18)19/h7-10H,3-6H2,1-2H3,(H,13,14)(H,15,16)(H,17,18,19)/t8-,9+,10-/m0/s1. The summed E-state index contributed by atoms with van der Waals surface area (Å²) in [7, 11) is -4.13. The van der Waals surface area contributed by atoms with E-state index in [1.807, 2.05) is 13.8 Å². The van der Waals surface area contributed by atoms with Gasteiger partial charge in [-0.15, -0.1) is 0 Å². The van der Waals surface area contributed by atoms with E-state index in [0.717, 1.165) is 0 Å². The van der Waals surface area contributed by atoms with Crippen molar-refractivity contribution < 1.29 is 27.7 Å². The van der Waals surface area contributed by atoms with Crippen molar-refractivity contribution in [2.45, 2.75) is 50.8 Å². The highest BCUT2D eigenvalue weighted by Gasteiger charge is 2.37. The Morgan fingerprint density at radius 3 is 2.30 bits per heavy atom. The third-order valence-electron chi connectivity index (χ3n) is 3.50. The van der Waals surface area contributed by atoms with E-state index >= 15 is 0 Å². The van der Waals surface area contributed by atoms with Crippen LogP contribution >= 0.6 is 0 Å². The van der Waals surface area contributed by atoms with E-state index in [9.17, 15) is 18.0 Å². The fourth-order valence-electron chi connectivity index (χ4n) is 2.43. The summed E-state index contributed by atoms with van der Waals surface area (Å²) in [6, 6.07) is -0.965. The summed E-state index contributed by atoms with van der Waals surface area (Å²) in [5, 5.41) is 10.6. The summed E-state index contributed by atoms with van der Waals surface area (Å²) in [5.41, 5.74) is 0. The van der Waals surface area contributed by atoms with Crippen molar-refractivity contribution in [2.75, 3.05) is 0 Å². The van der Waals surface area contributed by atoms with Crippen molar-refractivity contribution in [3.63, 3.8) is 0 Å². The van der Waals surface area contributed by atoms with Gasteiger partial charge in [0.1, 0.15) is 6.04 Å². The highest BCUT2D eigenvalue weighted by molar-refractivity contribution is 7.86. The topological polar surface area (TPSA) is 121 Å². The van der Waals surface area contributed by atoms with Crippen LogP contribution < -0.4 is 5.32 Å². The van der Waals surface area contributed by atoms with Gasteiger partial charge >= 0.3 is 5.97 Å². The van der Waals surface area contributed by atoms with Crippen LogP contribution in [0.25, 0.3) is 0 Å². The molecule has 0 radical (unpaired) electrons. The van der Waals surface area contributed by atoms with Crippen LogP contribution in [-0.2, 0) is 19.7 Å². The summed E-state index contributed by atoms with van der Waals surface area (Å²) in [6.07, 6.45) is 0.914. The first-order valence-corrected chi connectivity index (χ1v) is 8.11. The van der Waals surface area contributed by atoms with E-state index in [1.165, 1.54) is 0 Å². The maximum absolute atomic E-state index is 12.0. The molecule has 0 heterocycles. The molecule has 7 nitrogen and oxygen atoms in total. The van der Waals surface area contributed by atoms with Crippen molar-refractivity contribution in [2.24, 2.45) is 11.8 Å². The lowest BCUT2D eigenvalue weighted by Gasteiger charge is -2.19. The third-order valence-corrected chi connectivity index (χ3v) is 4.77. The summed E-state index contributed by atoms with van der Waals surface area (Å²) in [4.78, 5) is 23.0. The Labute approximate surface area is 118 Å². The molecule has 20 heavy (non-hydrogen) atoms. The smallest absolute Gasteiger partial charge is 0.326 e. The van der Waals surface area contributed by atoms with Crippen molar-refractivity contribution in [1.82, 2.24) is 5.32 Å². The fraction of sp³-hybridized carbons (Fsp3) is 0.833. The lowest BCUT2D eigenvalue weighted by molar-refractivity contribution is -0.142. The van der Waals surface area contributed by atoms with Crippen LogP contribution in [0.5, 0.6) is 0 Å². The number of rotatable bonds is 6. The molecule has 1 fully saturated rings. The van der Waals surface area contributed by atoms with E-state index in [2.05, 4.69) is 5.32 Å². The first kappa shape index (κ1) is 16.9. The molecule has 3 atom stereocenters. The zero-order chi connectivity index (χ0) is 15.5. The second-order valence-electron chi connectivity index (χ2n) is 5.68. The van der Waals surface area contributed by atoms with E-state index in [1.54, 1.807) is 0 Å². The fourth-order valence-corrected chi connectivity index (χ4v) is 3.34. The van der Waals surface area contributed by atoms with Gasteiger partial charge in [-0.1, -0.05) is 13.8 Å². The molecule has 0 aromatic heterocycles. The van der Waals surface area contributed by atoms with Gasteiger partial charge in [-0.05, 0) is 31.6 Å². The number of aliphatic carboxylic acids is 1. The van der Waals surface area contributed by atoms with Crippen LogP contribution in [0.15, 0.2) is 0 Å². The molecule has 1 rings (SSSR count). The monoisotopic (exact) mass is 307 g/mol. The molecule has 0 aromatic rings. The molecule has 1 amide bonds. The molecule has 0 unspecified atom stereocenters. The van der Waals surface area contributed by atoms with Crippen molar-refractivity contribution >= 4 is 22.0 Å². The van der Waals surface area contributed by atoms with Gasteiger partial charge in [0.25, 0.3) is 10.1 Å².